The maximum atomic E-state index is 13.3. The number of hydrogen-bond acceptors (Lipinski definition) is 4. The molecule has 0 heterocycles. The molecule has 1 atom stereocenters. The molecule has 1 unspecified atom stereocenters. The van der Waals surface area contributed by atoms with Crippen LogP contribution in [-0.2, 0) is 26.2 Å². The van der Waals surface area contributed by atoms with E-state index in [9.17, 15) is 18.0 Å². The molecule has 0 fully saturated rings. The Hall–Kier alpha value is -2.87. The van der Waals surface area contributed by atoms with Crippen molar-refractivity contribution in [3.05, 3.63) is 65.7 Å². The lowest BCUT2D eigenvalue weighted by Gasteiger charge is -2.32. The molecule has 7 nitrogen and oxygen atoms in total. The van der Waals surface area contributed by atoms with Gasteiger partial charge in [-0.25, -0.2) is 8.42 Å². The summed E-state index contributed by atoms with van der Waals surface area (Å²) < 4.78 is 25.9. The van der Waals surface area contributed by atoms with Crippen LogP contribution in [0.1, 0.15) is 31.9 Å². The van der Waals surface area contributed by atoms with Crippen LogP contribution in [0, 0.1) is 6.92 Å². The molecule has 0 bridgehead atoms. The Morgan fingerprint density at radius 1 is 1.00 bits per heavy atom. The van der Waals surface area contributed by atoms with Gasteiger partial charge in [0.15, 0.2) is 0 Å². The number of amides is 2. The zero-order valence-electron chi connectivity index (χ0n) is 18.7. The number of carbonyl (C=O) groups excluding carboxylic acids is 2. The highest BCUT2D eigenvalue weighted by atomic mass is 32.2. The highest BCUT2D eigenvalue weighted by molar-refractivity contribution is 7.92. The largest absolute Gasteiger partial charge is 0.352 e. The van der Waals surface area contributed by atoms with Crippen LogP contribution in [0.3, 0.4) is 0 Å². The van der Waals surface area contributed by atoms with Gasteiger partial charge in [-0.15, -0.1) is 0 Å². The van der Waals surface area contributed by atoms with Crippen molar-refractivity contribution in [3.8, 4) is 0 Å². The van der Waals surface area contributed by atoms with Crippen LogP contribution in [0.4, 0.5) is 5.69 Å². The van der Waals surface area contributed by atoms with E-state index in [1.54, 1.807) is 37.3 Å². The maximum Gasteiger partial charge on any atom is 0.244 e. The number of sulfonamides is 1. The van der Waals surface area contributed by atoms with Crippen molar-refractivity contribution in [2.45, 2.75) is 46.3 Å². The minimum Gasteiger partial charge on any atom is -0.352 e. The topological polar surface area (TPSA) is 86.8 Å². The number of anilines is 1. The van der Waals surface area contributed by atoms with Gasteiger partial charge in [-0.3, -0.25) is 13.9 Å². The quantitative estimate of drug-likeness (QED) is 0.643. The Balaban J connectivity index is 2.36. The normalized spacial score (nSPS) is 12.3. The predicted octanol–water partition coefficient (Wildman–Crippen LogP) is 2.70. The Morgan fingerprint density at radius 2 is 1.65 bits per heavy atom. The van der Waals surface area contributed by atoms with E-state index in [0.29, 0.717) is 5.69 Å². The molecule has 168 valence electrons. The Bertz CT molecular complexity index is 1010. The fourth-order valence-corrected chi connectivity index (χ4v) is 4.05. The lowest BCUT2D eigenvalue weighted by atomic mass is 10.1. The number of carbonyl (C=O) groups is 2. The molecule has 0 aliphatic heterocycles. The van der Waals surface area contributed by atoms with Gasteiger partial charge in [0.25, 0.3) is 0 Å². The first-order valence-corrected chi connectivity index (χ1v) is 12.0. The first-order chi connectivity index (χ1) is 14.5. The van der Waals surface area contributed by atoms with Crippen LogP contribution in [0.15, 0.2) is 54.6 Å². The lowest BCUT2D eigenvalue weighted by Crippen LogP contribution is -2.52. The second kappa shape index (κ2) is 10.4. The molecule has 0 saturated heterocycles. The van der Waals surface area contributed by atoms with Crippen molar-refractivity contribution in [1.82, 2.24) is 10.2 Å². The molecule has 0 saturated carbocycles. The third-order valence-corrected chi connectivity index (χ3v) is 5.90. The molecule has 0 aromatic heterocycles. The van der Waals surface area contributed by atoms with Crippen molar-refractivity contribution < 1.29 is 18.0 Å². The van der Waals surface area contributed by atoms with Gasteiger partial charge in [0, 0.05) is 12.6 Å². The molecule has 0 radical (unpaired) electrons. The van der Waals surface area contributed by atoms with Gasteiger partial charge >= 0.3 is 0 Å². The monoisotopic (exact) mass is 445 g/mol. The summed E-state index contributed by atoms with van der Waals surface area (Å²) in [4.78, 5) is 27.4. The Labute approximate surface area is 185 Å². The summed E-state index contributed by atoms with van der Waals surface area (Å²) in [5.74, 6) is -0.746. The zero-order chi connectivity index (χ0) is 23.2. The smallest absolute Gasteiger partial charge is 0.244 e. The molecule has 2 aromatic rings. The molecule has 2 rings (SSSR count). The van der Waals surface area contributed by atoms with Crippen molar-refractivity contribution in [3.63, 3.8) is 0 Å². The average Bonchev–Trinajstić information content (AvgIpc) is 2.69. The standard InChI is InChI=1S/C23H31N3O4S/c1-17(2)24-23(28)19(4)25(15-20-11-9-10-18(3)14-20)22(27)16-26(31(5,29)30)21-12-7-6-8-13-21/h6-14,17,19H,15-16H2,1-5H3,(H,24,28). The van der Waals surface area contributed by atoms with E-state index in [1.807, 2.05) is 45.0 Å². The predicted molar refractivity (Wildman–Crippen MR) is 123 cm³/mol. The fourth-order valence-electron chi connectivity index (χ4n) is 3.20. The number of benzene rings is 2. The van der Waals surface area contributed by atoms with E-state index in [0.717, 1.165) is 21.7 Å². The van der Waals surface area contributed by atoms with Crippen molar-refractivity contribution in [2.75, 3.05) is 17.1 Å². The summed E-state index contributed by atoms with van der Waals surface area (Å²) in [7, 11) is -3.71. The molecular weight excluding hydrogens is 414 g/mol. The van der Waals surface area contributed by atoms with E-state index in [1.165, 1.54) is 4.90 Å². The lowest BCUT2D eigenvalue weighted by molar-refractivity contribution is -0.139. The summed E-state index contributed by atoms with van der Waals surface area (Å²) >= 11 is 0. The zero-order valence-corrected chi connectivity index (χ0v) is 19.5. The minimum atomic E-state index is -3.71. The van der Waals surface area contributed by atoms with Crippen LogP contribution in [0.25, 0.3) is 0 Å². The van der Waals surface area contributed by atoms with Crippen LogP contribution >= 0.6 is 0 Å². The molecule has 0 aliphatic rings. The number of para-hydroxylation sites is 1. The first kappa shape index (κ1) is 24.4. The number of hydrogen-bond donors (Lipinski definition) is 1. The molecule has 1 N–H and O–H groups in total. The molecule has 8 heteroatoms. The number of nitrogens with one attached hydrogen (secondary N) is 1. The van der Waals surface area contributed by atoms with E-state index in [-0.39, 0.29) is 18.5 Å². The Morgan fingerprint density at radius 3 is 2.19 bits per heavy atom. The van der Waals surface area contributed by atoms with Crippen LogP contribution in [0.5, 0.6) is 0 Å². The third kappa shape index (κ3) is 7.10. The summed E-state index contributed by atoms with van der Waals surface area (Å²) in [6.07, 6.45) is 1.06. The molecule has 2 aromatic carbocycles. The van der Waals surface area contributed by atoms with Gasteiger partial charge in [0.2, 0.25) is 21.8 Å². The molecular formula is C23H31N3O4S. The van der Waals surface area contributed by atoms with Crippen molar-refractivity contribution in [2.24, 2.45) is 0 Å². The summed E-state index contributed by atoms with van der Waals surface area (Å²) in [6, 6.07) is 15.3. The highest BCUT2D eigenvalue weighted by Gasteiger charge is 2.30. The molecule has 0 spiro atoms. The van der Waals surface area contributed by atoms with Gasteiger partial charge in [0.1, 0.15) is 12.6 Å². The second-order valence-corrected chi connectivity index (χ2v) is 9.86. The van der Waals surface area contributed by atoms with Crippen molar-refractivity contribution >= 4 is 27.5 Å². The van der Waals surface area contributed by atoms with Crippen molar-refractivity contribution in [1.29, 1.82) is 0 Å². The summed E-state index contributed by atoms with van der Waals surface area (Å²) in [5, 5.41) is 2.83. The highest BCUT2D eigenvalue weighted by Crippen LogP contribution is 2.18. The van der Waals surface area contributed by atoms with Gasteiger partial charge in [-0.1, -0.05) is 48.0 Å². The van der Waals surface area contributed by atoms with Gasteiger partial charge in [-0.05, 0) is 45.4 Å². The Kier molecular flexibility index (Phi) is 8.21. The third-order valence-electron chi connectivity index (χ3n) is 4.76. The van der Waals surface area contributed by atoms with Crippen LogP contribution in [-0.4, -0.2) is 50.0 Å². The van der Waals surface area contributed by atoms with E-state index < -0.39 is 28.5 Å². The molecule has 0 aliphatic carbocycles. The number of nitrogens with zero attached hydrogens (tertiary/aromatic N) is 2. The summed E-state index contributed by atoms with van der Waals surface area (Å²) in [6.45, 7) is 7.09. The van der Waals surface area contributed by atoms with Crippen LogP contribution in [0.2, 0.25) is 0 Å². The fraction of sp³-hybridized carbons (Fsp3) is 0.391. The van der Waals surface area contributed by atoms with Gasteiger partial charge in [-0.2, -0.15) is 0 Å². The first-order valence-electron chi connectivity index (χ1n) is 10.2. The summed E-state index contributed by atoms with van der Waals surface area (Å²) in [5.41, 5.74) is 2.29. The number of aryl methyl sites for hydroxylation is 1. The minimum absolute atomic E-state index is 0.0808. The van der Waals surface area contributed by atoms with E-state index in [2.05, 4.69) is 5.32 Å². The van der Waals surface area contributed by atoms with Gasteiger partial charge in [0.05, 0.1) is 11.9 Å². The van der Waals surface area contributed by atoms with E-state index >= 15 is 0 Å². The second-order valence-electron chi connectivity index (χ2n) is 7.96. The maximum absolute atomic E-state index is 13.3. The molecule has 31 heavy (non-hydrogen) atoms. The van der Waals surface area contributed by atoms with Crippen LogP contribution < -0.4 is 9.62 Å². The molecule has 2 amide bonds. The number of rotatable bonds is 9. The average molecular weight is 446 g/mol. The SMILES string of the molecule is Cc1cccc(CN(C(=O)CN(c2ccccc2)S(C)(=O)=O)C(C)C(=O)NC(C)C)c1. The van der Waals surface area contributed by atoms with Gasteiger partial charge < -0.3 is 10.2 Å². The van der Waals surface area contributed by atoms with E-state index in [4.69, 9.17) is 0 Å².